The number of phenolic OH excluding ortho intramolecular Hbond substituents is 1. The van der Waals surface area contributed by atoms with Crippen LogP contribution in [-0.4, -0.2) is 36.8 Å². The van der Waals surface area contributed by atoms with E-state index in [4.69, 9.17) is 4.42 Å². The molecule has 1 aromatic heterocycles. The number of furan rings is 1. The second kappa shape index (κ2) is 6.71. The van der Waals surface area contributed by atoms with Gasteiger partial charge in [-0.3, -0.25) is 4.79 Å². The number of benzene rings is 2. The predicted molar refractivity (Wildman–Crippen MR) is 100 cm³/mol. The quantitative estimate of drug-likeness (QED) is 0.671. The number of phenols is 1. The van der Waals surface area contributed by atoms with E-state index in [0.717, 1.165) is 18.2 Å². The molecule has 7 nitrogen and oxygen atoms in total. The van der Waals surface area contributed by atoms with E-state index in [2.05, 4.69) is 5.32 Å². The smallest absolute Gasteiger partial charge is 0.291 e. The summed E-state index contributed by atoms with van der Waals surface area (Å²) in [5, 5.41) is 13.3. The van der Waals surface area contributed by atoms with Crippen LogP contribution < -0.4 is 5.32 Å². The van der Waals surface area contributed by atoms with Crippen LogP contribution in [0.1, 0.15) is 23.4 Å². The molecule has 1 aliphatic heterocycles. The fraction of sp³-hybridized carbons (Fsp3) is 0.211. The van der Waals surface area contributed by atoms with Crippen molar-refractivity contribution >= 4 is 32.6 Å². The monoisotopic (exact) mass is 386 g/mol. The molecular formula is C19H18N2O5S. The highest BCUT2D eigenvalue weighted by molar-refractivity contribution is 7.89. The lowest BCUT2D eigenvalue weighted by Gasteiger charge is -2.16. The topological polar surface area (TPSA) is 99.9 Å². The van der Waals surface area contributed by atoms with Crippen molar-refractivity contribution in [2.24, 2.45) is 0 Å². The van der Waals surface area contributed by atoms with E-state index in [-0.39, 0.29) is 22.1 Å². The number of rotatable bonds is 4. The van der Waals surface area contributed by atoms with Crippen molar-refractivity contribution in [1.29, 1.82) is 0 Å². The molecule has 3 aromatic rings. The van der Waals surface area contributed by atoms with Crippen LogP contribution in [0.25, 0.3) is 11.0 Å². The van der Waals surface area contributed by atoms with E-state index in [1.165, 1.54) is 22.5 Å². The predicted octanol–water partition coefficient (Wildman–Crippen LogP) is 3.18. The number of nitrogens with zero attached hydrogens (tertiary/aromatic N) is 1. The molecule has 0 atom stereocenters. The van der Waals surface area contributed by atoms with Crippen molar-refractivity contribution in [2.45, 2.75) is 17.7 Å². The summed E-state index contributed by atoms with van der Waals surface area (Å²) in [5.74, 6) is -0.722. The second-order valence-electron chi connectivity index (χ2n) is 6.39. The number of carbonyl (C=O) groups is 1. The van der Waals surface area contributed by atoms with Crippen molar-refractivity contribution in [3.63, 3.8) is 0 Å². The summed E-state index contributed by atoms with van der Waals surface area (Å²) in [6.45, 7) is 0.952. The zero-order valence-electron chi connectivity index (χ0n) is 14.4. The van der Waals surface area contributed by atoms with Gasteiger partial charge in [0.05, 0.1) is 10.6 Å². The van der Waals surface area contributed by atoms with Crippen molar-refractivity contribution in [2.75, 3.05) is 18.4 Å². The van der Waals surface area contributed by atoms with Crippen molar-refractivity contribution in [3.8, 4) is 5.75 Å². The van der Waals surface area contributed by atoms with E-state index in [1.807, 2.05) is 12.1 Å². The van der Waals surface area contributed by atoms with Crippen molar-refractivity contribution in [1.82, 2.24) is 4.31 Å². The summed E-state index contributed by atoms with van der Waals surface area (Å²) in [6, 6.07) is 12.6. The van der Waals surface area contributed by atoms with Gasteiger partial charge < -0.3 is 14.8 Å². The van der Waals surface area contributed by atoms with Gasteiger partial charge in [-0.05, 0) is 43.2 Å². The van der Waals surface area contributed by atoms with Gasteiger partial charge in [0.15, 0.2) is 5.76 Å². The molecule has 2 heterocycles. The third-order valence-corrected chi connectivity index (χ3v) is 6.46. The SMILES string of the molecule is O=C(Nc1cc(S(=O)(=O)N2CCCC2)ccc1O)c1cc2ccccc2o1. The van der Waals surface area contributed by atoms with Crippen LogP contribution >= 0.6 is 0 Å². The van der Waals surface area contributed by atoms with Gasteiger partial charge in [0.1, 0.15) is 11.3 Å². The maximum absolute atomic E-state index is 12.7. The summed E-state index contributed by atoms with van der Waals surface area (Å²) < 4.78 is 32.3. The highest BCUT2D eigenvalue weighted by Crippen LogP contribution is 2.30. The zero-order valence-corrected chi connectivity index (χ0v) is 15.2. The fourth-order valence-corrected chi connectivity index (χ4v) is 4.67. The number of para-hydroxylation sites is 1. The first kappa shape index (κ1) is 17.6. The van der Waals surface area contributed by atoms with Crippen LogP contribution in [0.15, 0.2) is 57.8 Å². The molecule has 0 bridgehead atoms. The number of hydrogen-bond donors (Lipinski definition) is 2. The first-order valence-corrected chi connectivity index (χ1v) is 10.0. The zero-order chi connectivity index (χ0) is 19.0. The summed E-state index contributed by atoms with van der Waals surface area (Å²) >= 11 is 0. The lowest BCUT2D eigenvalue weighted by atomic mass is 10.2. The average molecular weight is 386 g/mol. The van der Waals surface area contributed by atoms with Crippen molar-refractivity contribution in [3.05, 3.63) is 54.3 Å². The van der Waals surface area contributed by atoms with Crippen molar-refractivity contribution < 1.29 is 22.7 Å². The third kappa shape index (κ3) is 3.29. The van der Waals surface area contributed by atoms with E-state index in [0.29, 0.717) is 18.7 Å². The third-order valence-electron chi connectivity index (χ3n) is 4.57. The number of fused-ring (bicyclic) bond motifs is 1. The van der Waals surface area contributed by atoms with E-state index >= 15 is 0 Å². The van der Waals surface area contributed by atoms with Gasteiger partial charge in [0.2, 0.25) is 10.0 Å². The summed E-state index contributed by atoms with van der Waals surface area (Å²) in [6.07, 6.45) is 1.65. The Kier molecular flexibility index (Phi) is 4.37. The molecule has 8 heteroatoms. The number of anilines is 1. The molecular weight excluding hydrogens is 368 g/mol. The van der Waals surface area contributed by atoms with Crippen LogP contribution in [0.3, 0.4) is 0 Å². The van der Waals surface area contributed by atoms with E-state index in [1.54, 1.807) is 18.2 Å². The molecule has 0 saturated carbocycles. The Balaban J connectivity index is 1.62. The Hall–Kier alpha value is -2.84. The highest BCUT2D eigenvalue weighted by Gasteiger charge is 2.28. The molecule has 0 unspecified atom stereocenters. The summed E-state index contributed by atoms with van der Waals surface area (Å²) in [5.41, 5.74) is 0.581. The normalized spacial score (nSPS) is 15.3. The van der Waals surface area contributed by atoms with Crippen LogP contribution in [0.2, 0.25) is 0 Å². The number of hydrogen-bond acceptors (Lipinski definition) is 5. The molecule has 2 aromatic carbocycles. The lowest BCUT2D eigenvalue weighted by Crippen LogP contribution is -2.27. The van der Waals surface area contributed by atoms with Gasteiger partial charge in [-0.1, -0.05) is 18.2 Å². The maximum atomic E-state index is 12.7. The molecule has 0 spiro atoms. The van der Waals surface area contributed by atoms with Gasteiger partial charge in [-0.15, -0.1) is 0 Å². The highest BCUT2D eigenvalue weighted by atomic mass is 32.2. The minimum absolute atomic E-state index is 0.0146. The average Bonchev–Trinajstić information content (AvgIpc) is 3.33. The Morgan fingerprint density at radius 2 is 1.81 bits per heavy atom. The largest absolute Gasteiger partial charge is 0.506 e. The molecule has 2 N–H and O–H groups in total. The van der Waals surface area contributed by atoms with Gasteiger partial charge >= 0.3 is 0 Å². The molecule has 27 heavy (non-hydrogen) atoms. The van der Waals surface area contributed by atoms with Gasteiger partial charge in [-0.2, -0.15) is 4.31 Å². The Labute approximate surface area is 156 Å². The molecule has 0 aliphatic carbocycles. The van der Waals surface area contributed by atoms with Crippen LogP contribution in [0, 0.1) is 0 Å². The molecule has 1 amide bonds. The number of aromatic hydroxyl groups is 1. The molecule has 4 rings (SSSR count). The first-order valence-electron chi connectivity index (χ1n) is 8.58. The summed E-state index contributed by atoms with van der Waals surface area (Å²) in [4.78, 5) is 12.5. The minimum atomic E-state index is -3.65. The first-order chi connectivity index (χ1) is 12.9. The number of nitrogens with one attached hydrogen (secondary N) is 1. The molecule has 0 radical (unpaired) electrons. The molecule has 1 aliphatic rings. The Morgan fingerprint density at radius 3 is 2.56 bits per heavy atom. The minimum Gasteiger partial charge on any atom is -0.506 e. The van der Waals surface area contributed by atoms with Gasteiger partial charge in [-0.25, -0.2) is 8.42 Å². The standard InChI is InChI=1S/C19H18N2O5S/c22-16-8-7-14(27(24,25)21-9-3-4-10-21)12-15(16)20-19(23)18-11-13-5-1-2-6-17(13)26-18/h1-2,5-8,11-12,22H,3-4,9-10H2,(H,20,23). The number of carbonyl (C=O) groups excluding carboxylic acids is 1. The summed E-state index contributed by atoms with van der Waals surface area (Å²) in [7, 11) is -3.65. The fourth-order valence-electron chi connectivity index (χ4n) is 3.13. The second-order valence-corrected chi connectivity index (χ2v) is 8.33. The maximum Gasteiger partial charge on any atom is 0.291 e. The van der Waals surface area contributed by atoms with Gasteiger partial charge in [0, 0.05) is 18.5 Å². The van der Waals surface area contributed by atoms with Crippen LogP contribution in [-0.2, 0) is 10.0 Å². The van der Waals surface area contributed by atoms with Gasteiger partial charge in [0.25, 0.3) is 5.91 Å². The van der Waals surface area contributed by atoms with Crippen LogP contribution in [0.4, 0.5) is 5.69 Å². The molecule has 140 valence electrons. The molecule has 1 fully saturated rings. The van der Waals surface area contributed by atoms with E-state index < -0.39 is 15.9 Å². The number of sulfonamides is 1. The molecule has 1 saturated heterocycles. The Morgan fingerprint density at radius 1 is 1.07 bits per heavy atom. The Bertz CT molecular complexity index is 1080. The van der Waals surface area contributed by atoms with Crippen LogP contribution in [0.5, 0.6) is 5.75 Å². The van der Waals surface area contributed by atoms with E-state index in [9.17, 15) is 18.3 Å². The lowest BCUT2D eigenvalue weighted by molar-refractivity contribution is 0.0998. The number of amides is 1.